The van der Waals surface area contributed by atoms with E-state index in [-0.39, 0.29) is 12.5 Å². The maximum absolute atomic E-state index is 13.3. The molecule has 8 heteroatoms. The Hall–Kier alpha value is -2.06. The lowest BCUT2D eigenvalue weighted by molar-refractivity contribution is -0.138. The number of imide groups is 1. The maximum atomic E-state index is 13.3. The van der Waals surface area contributed by atoms with Gasteiger partial charge in [-0.25, -0.2) is 4.79 Å². The molecular formula is C21H30N4O3S. The standard InChI is InChI=1S/C21H30N4O3S/c1-16(15-29-2)23-12-9-21(10-13-23)19(27)24(14-18(22)26)20(28)25(21)11-8-17-6-4-3-5-7-17/h3-7,16H,8-15H2,1-2H3,(H2,22,26)/t16-/m1/s1. The number of carbonyl (C=O) groups excluding carboxylic acids is 3. The second-order valence-electron chi connectivity index (χ2n) is 7.90. The van der Waals surface area contributed by atoms with Crippen molar-refractivity contribution in [1.82, 2.24) is 14.7 Å². The first-order valence-electron chi connectivity index (χ1n) is 10.1. The molecule has 0 aromatic heterocycles. The molecule has 158 valence electrons. The van der Waals surface area contributed by atoms with Crippen LogP contribution in [0, 0.1) is 0 Å². The van der Waals surface area contributed by atoms with Crippen LogP contribution in [0.5, 0.6) is 0 Å². The van der Waals surface area contributed by atoms with Crippen molar-refractivity contribution < 1.29 is 14.4 Å². The van der Waals surface area contributed by atoms with Gasteiger partial charge in [-0.1, -0.05) is 30.3 Å². The van der Waals surface area contributed by atoms with Crippen LogP contribution >= 0.6 is 11.8 Å². The summed E-state index contributed by atoms with van der Waals surface area (Å²) in [6.07, 6.45) is 3.92. The van der Waals surface area contributed by atoms with E-state index < -0.39 is 17.5 Å². The Morgan fingerprint density at radius 1 is 1.21 bits per heavy atom. The molecule has 2 aliphatic rings. The number of hydrogen-bond acceptors (Lipinski definition) is 5. The number of rotatable bonds is 8. The second kappa shape index (κ2) is 9.17. The predicted octanol–water partition coefficient (Wildman–Crippen LogP) is 1.56. The predicted molar refractivity (Wildman–Crippen MR) is 115 cm³/mol. The Kier molecular flexibility index (Phi) is 6.85. The largest absolute Gasteiger partial charge is 0.368 e. The quantitative estimate of drug-likeness (QED) is 0.648. The highest BCUT2D eigenvalue weighted by Gasteiger charge is 2.58. The molecule has 4 amide bonds. The number of benzene rings is 1. The zero-order valence-corrected chi connectivity index (χ0v) is 18.0. The molecule has 3 rings (SSSR count). The van der Waals surface area contributed by atoms with Gasteiger partial charge in [0.25, 0.3) is 5.91 Å². The lowest BCUT2D eigenvalue weighted by atomic mass is 9.85. The molecule has 2 fully saturated rings. The molecule has 29 heavy (non-hydrogen) atoms. The van der Waals surface area contributed by atoms with Crippen molar-refractivity contribution in [1.29, 1.82) is 0 Å². The molecule has 7 nitrogen and oxygen atoms in total. The van der Waals surface area contributed by atoms with Crippen LogP contribution < -0.4 is 5.73 Å². The van der Waals surface area contributed by atoms with Crippen LogP contribution in [0.15, 0.2) is 30.3 Å². The second-order valence-corrected chi connectivity index (χ2v) is 8.81. The molecule has 2 saturated heterocycles. The van der Waals surface area contributed by atoms with Crippen LogP contribution in [0.2, 0.25) is 0 Å². The number of carbonyl (C=O) groups is 3. The number of likely N-dealkylation sites (tertiary alicyclic amines) is 1. The molecule has 0 aliphatic carbocycles. The van der Waals surface area contributed by atoms with Crippen LogP contribution in [-0.4, -0.2) is 82.3 Å². The van der Waals surface area contributed by atoms with Gasteiger partial charge in [-0.3, -0.25) is 19.4 Å². The SMILES string of the molecule is CSC[C@@H](C)N1CCC2(CC1)C(=O)N(CC(N)=O)C(=O)N2CCc1ccccc1. The van der Waals surface area contributed by atoms with Gasteiger partial charge < -0.3 is 10.6 Å². The molecule has 0 bridgehead atoms. The minimum Gasteiger partial charge on any atom is -0.368 e. The normalized spacial score (nSPS) is 20.5. The van der Waals surface area contributed by atoms with Gasteiger partial charge >= 0.3 is 6.03 Å². The summed E-state index contributed by atoms with van der Waals surface area (Å²) in [7, 11) is 0. The third kappa shape index (κ3) is 4.43. The van der Waals surface area contributed by atoms with Gasteiger partial charge in [0.05, 0.1) is 0 Å². The van der Waals surface area contributed by atoms with Crippen molar-refractivity contribution in [3.63, 3.8) is 0 Å². The molecule has 1 spiro atoms. The molecule has 1 aromatic carbocycles. The smallest absolute Gasteiger partial charge is 0.328 e. The van der Waals surface area contributed by atoms with Gasteiger partial charge in [0, 0.05) is 31.4 Å². The number of urea groups is 1. The maximum Gasteiger partial charge on any atom is 0.328 e. The van der Waals surface area contributed by atoms with Gasteiger partial charge in [-0.15, -0.1) is 0 Å². The highest BCUT2D eigenvalue weighted by Crippen LogP contribution is 2.38. The molecule has 2 N–H and O–H groups in total. The van der Waals surface area contributed by atoms with Gasteiger partial charge in [0.2, 0.25) is 5.91 Å². The number of amides is 4. The third-order valence-electron chi connectivity index (χ3n) is 6.06. The summed E-state index contributed by atoms with van der Waals surface area (Å²) in [4.78, 5) is 42.9. The third-order valence-corrected chi connectivity index (χ3v) is 6.87. The first-order valence-corrected chi connectivity index (χ1v) is 11.5. The summed E-state index contributed by atoms with van der Waals surface area (Å²) in [6, 6.07) is 9.95. The van der Waals surface area contributed by atoms with E-state index in [0.717, 1.165) is 29.3 Å². The average Bonchev–Trinajstić information content (AvgIpc) is 2.89. The van der Waals surface area contributed by atoms with E-state index in [0.29, 0.717) is 31.8 Å². The summed E-state index contributed by atoms with van der Waals surface area (Å²) < 4.78 is 0. The van der Waals surface area contributed by atoms with Crippen LogP contribution in [0.1, 0.15) is 25.3 Å². The van der Waals surface area contributed by atoms with Crippen molar-refractivity contribution >= 4 is 29.6 Å². The number of piperidine rings is 1. The molecule has 1 atom stereocenters. The minimum atomic E-state index is -0.864. The number of primary amides is 1. The highest BCUT2D eigenvalue weighted by molar-refractivity contribution is 7.98. The zero-order valence-electron chi connectivity index (χ0n) is 17.2. The van der Waals surface area contributed by atoms with Crippen molar-refractivity contribution in [3.8, 4) is 0 Å². The molecular weight excluding hydrogens is 388 g/mol. The van der Waals surface area contributed by atoms with Crippen molar-refractivity contribution in [2.24, 2.45) is 5.73 Å². The van der Waals surface area contributed by atoms with Crippen LogP contribution in [0.4, 0.5) is 4.79 Å². The average molecular weight is 419 g/mol. The fourth-order valence-corrected chi connectivity index (χ4v) is 5.13. The molecule has 0 unspecified atom stereocenters. The summed E-state index contributed by atoms with van der Waals surface area (Å²) in [5.74, 6) is 0.0927. The number of nitrogens with zero attached hydrogens (tertiary/aromatic N) is 3. The van der Waals surface area contributed by atoms with E-state index in [1.807, 2.05) is 42.1 Å². The highest BCUT2D eigenvalue weighted by atomic mass is 32.2. The minimum absolute atomic E-state index is 0.272. The van der Waals surface area contributed by atoms with Crippen molar-refractivity contribution in [3.05, 3.63) is 35.9 Å². The Bertz CT molecular complexity index is 750. The molecule has 0 saturated carbocycles. The number of nitrogens with two attached hydrogens (primary N) is 1. The monoisotopic (exact) mass is 418 g/mol. The topological polar surface area (TPSA) is 87.0 Å². The Morgan fingerprint density at radius 3 is 2.45 bits per heavy atom. The zero-order chi connectivity index (χ0) is 21.0. The van der Waals surface area contributed by atoms with E-state index >= 15 is 0 Å². The van der Waals surface area contributed by atoms with Crippen LogP contribution in [-0.2, 0) is 16.0 Å². The molecule has 2 heterocycles. The number of hydrogen-bond donors (Lipinski definition) is 1. The van der Waals surface area contributed by atoms with E-state index in [1.165, 1.54) is 0 Å². The fourth-order valence-electron chi connectivity index (χ4n) is 4.44. The summed E-state index contributed by atoms with van der Waals surface area (Å²) in [5.41, 5.74) is 5.56. The first kappa shape index (κ1) is 21.6. The Labute approximate surface area is 176 Å². The summed E-state index contributed by atoms with van der Waals surface area (Å²) in [5, 5.41) is 0. The van der Waals surface area contributed by atoms with Gasteiger partial charge in [-0.2, -0.15) is 11.8 Å². The van der Waals surface area contributed by atoms with Gasteiger partial charge in [0.15, 0.2) is 0 Å². The van der Waals surface area contributed by atoms with Crippen LogP contribution in [0.3, 0.4) is 0 Å². The van der Waals surface area contributed by atoms with Gasteiger partial charge in [-0.05, 0) is 38.0 Å². The number of thioether (sulfide) groups is 1. The van der Waals surface area contributed by atoms with E-state index in [2.05, 4.69) is 18.1 Å². The molecule has 0 radical (unpaired) electrons. The van der Waals surface area contributed by atoms with Crippen molar-refractivity contribution in [2.75, 3.05) is 38.2 Å². The van der Waals surface area contributed by atoms with E-state index in [4.69, 9.17) is 5.73 Å². The summed E-state index contributed by atoms with van der Waals surface area (Å²) >= 11 is 1.81. The van der Waals surface area contributed by atoms with E-state index in [9.17, 15) is 14.4 Å². The molecule has 1 aromatic rings. The van der Waals surface area contributed by atoms with E-state index in [1.54, 1.807) is 4.90 Å². The lowest BCUT2D eigenvalue weighted by Gasteiger charge is -2.44. The first-order chi connectivity index (χ1) is 13.9. The van der Waals surface area contributed by atoms with Crippen molar-refractivity contribution in [2.45, 2.75) is 37.8 Å². The fraction of sp³-hybridized carbons (Fsp3) is 0.571. The lowest BCUT2D eigenvalue weighted by Crippen LogP contribution is -2.58. The Morgan fingerprint density at radius 2 is 1.86 bits per heavy atom. The summed E-state index contributed by atoms with van der Waals surface area (Å²) in [6.45, 7) is 3.81. The molecule has 2 aliphatic heterocycles. The Balaban J connectivity index is 1.80. The van der Waals surface area contributed by atoms with Crippen LogP contribution in [0.25, 0.3) is 0 Å². The van der Waals surface area contributed by atoms with Gasteiger partial charge in [0.1, 0.15) is 12.1 Å².